The first kappa shape index (κ1) is 14.4. The van der Waals surface area contributed by atoms with E-state index in [1.807, 2.05) is 0 Å². The molecule has 0 spiro atoms. The summed E-state index contributed by atoms with van der Waals surface area (Å²) in [5.74, 6) is 0.260. The van der Waals surface area contributed by atoms with Gasteiger partial charge >= 0.3 is 0 Å². The highest BCUT2D eigenvalue weighted by molar-refractivity contribution is 5.79. The fraction of sp³-hybridized carbons (Fsp3) is 0.909. The SMILES string of the molecule is COCCOCCOCCNC(=O)C1CNC1. The second kappa shape index (κ2) is 9.35. The standard InChI is InChI=1S/C11H22N2O4/c1-15-4-5-17-7-6-16-3-2-13-11(14)10-8-12-9-10/h10,12H,2-9H2,1H3,(H,13,14). The van der Waals surface area contributed by atoms with E-state index < -0.39 is 0 Å². The maximum absolute atomic E-state index is 11.4. The van der Waals surface area contributed by atoms with E-state index in [0.29, 0.717) is 39.6 Å². The van der Waals surface area contributed by atoms with Gasteiger partial charge < -0.3 is 24.8 Å². The maximum Gasteiger partial charge on any atom is 0.225 e. The van der Waals surface area contributed by atoms with Crippen molar-refractivity contribution >= 4 is 5.91 Å². The van der Waals surface area contributed by atoms with Crippen LogP contribution in [0.15, 0.2) is 0 Å². The third-order valence-corrected chi connectivity index (χ3v) is 2.50. The third-order valence-electron chi connectivity index (χ3n) is 2.50. The summed E-state index contributed by atoms with van der Waals surface area (Å²) >= 11 is 0. The largest absolute Gasteiger partial charge is 0.382 e. The number of hydrogen-bond donors (Lipinski definition) is 2. The zero-order chi connectivity index (χ0) is 12.3. The summed E-state index contributed by atoms with van der Waals surface area (Å²) in [4.78, 5) is 11.4. The molecule has 6 nitrogen and oxygen atoms in total. The molecule has 0 unspecified atom stereocenters. The summed E-state index contributed by atoms with van der Waals surface area (Å²) in [6, 6.07) is 0. The number of amides is 1. The lowest BCUT2D eigenvalue weighted by molar-refractivity contribution is -0.126. The van der Waals surface area contributed by atoms with Gasteiger partial charge in [-0.15, -0.1) is 0 Å². The van der Waals surface area contributed by atoms with E-state index in [9.17, 15) is 4.79 Å². The molecule has 0 radical (unpaired) electrons. The molecule has 1 amide bonds. The average molecular weight is 246 g/mol. The minimum absolute atomic E-state index is 0.115. The van der Waals surface area contributed by atoms with E-state index in [2.05, 4.69) is 10.6 Å². The first-order valence-corrected chi connectivity index (χ1v) is 5.97. The summed E-state index contributed by atoms with van der Waals surface area (Å²) in [5, 5.41) is 5.89. The molecular formula is C11H22N2O4. The van der Waals surface area contributed by atoms with E-state index in [1.165, 1.54) is 0 Å². The lowest BCUT2D eigenvalue weighted by Crippen LogP contribution is -2.51. The van der Waals surface area contributed by atoms with Crippen LogP contribution in [0.1, 0.15) is 0 Å². The number of carbonyl (C=O) groups is 1. The van der Waals surface area contributed by atoms with Gasteiger partial charge in [0, 0.05) is 26.7 Å². The Morgan fingerprint density at radius 3 is 2.41 bits per heavy atom. The van der Waals surface area contributed by atoms with Crippen LogP contribution in [0.5, 0.6) is 0 Å². The molecule has 17 heavy (non-hydrogen) atoms. The Hall–Kier alpha value is -0.690. The molecule has 0 aromatic heterocycles. The average Bonchev–Trinajstić information content (AvgIpc) is 2.24. The Morgan fingerprint density at radius 1 is 1.18 bits per heavy atom. The van der Waals surface area contributed by atoms with Gasteiger partial charge in [0.05, 0.1) is 39.0 Å². The number of carbonyl (C=O) groups excluding carboxylic acids is 1. The van der Waals surface area contributed by atoms with Gasteiger partial charge in [0.1, 0.15) is 0 Å². The van der Waals surface area contributed by atoms with Crippen molar-refractivity contribution in [3.8, 4) is 0 Å². The predicted molar refractivity (Wildman–Crippen MR) is 62.9 cm³/mol. The molecule has 1 aliphatic heterocycles. The first-order valence-electron chi connectivity index (χ1n) is 5.97. The van der Waals surface area contributed by atoms with Crippen molar-refractivity contribution in [2.24, 2.45) is 5.92 Å². The van der Waals surface area contributed by atoms with Gasteiger partial charge in [0.2, 0.25) is 5.91 Å². The molecule has 1 rings (SSSR count). The third kappa shape index (κ3) is 6.58. The van der Waals surface area contributed by atoms with Crippen molar-refractivity contribution in [3.63, 3.8) is 0 Å². The summed E-state index contributed by atoms with van der Waals surface area (Å²) in [5.41, 5.74) is 0. The number of nitrogens with one attached hydrogen (secondary N) is 2. The molecule has 0 bridgehead atoms. The smallest absolute Gasteiger partial charge is 0.225 e. The fourth-order valence-corrected chi connectivity index (χ4v) is 1.33. The molecule has 6 heteroatoms. The summed E-state index contributed by atoms with van der Waals surface area (Å²) < 4.78 is 15.4. The molecule has 0 atom stereocenters. The molecule has 2 N–H and O–H groups in total. The van der Waals surface area contributed by atoms with Crippen LogP contribution in [0.3, 0.4) is 0 Å². The lowest BCUT2D eigenvalue weighted by Gasteiger charge is -2.25. The highest BCUT2D eigenvalue weighted by atomic mass is 16.5. The lowest BCUT2D eigenvalue weighted by atomic mass is 10.0. The van der Waals surface area contributed by atoms with Crippen LogP contribution in [0.25, 0.3) is 0 Å². The Balaban J connectivity index is 1.76. The van der Waals surface area contributed by atoms with Crippen molar-refractivity contribution in [1.29, 1.82) is 0 Å². The summed E-state index contributed by atoms with van der Waals surface area (Å²) in [6.45, 7) is 4.97. The topological polar surface area (TPSA) is 68.8 Å². The summed E-state index contributed by atoms with van der Waals surface area (Å²) in [6.07, 6.45) is 0. The first-order chi connectivity index (χ1) is 8.34. The Labute approximate surface area is 102 Å². The molecule has 100 valence electrons. The van der Waals surface area contributed by atoms with Crippen molar-refractivity contribution in [2.75, 3.05) is 59.8 Å². The van der Waals surface area contributed by atoms with E-state index in [1.54, 1.807) is 7.11 Å². The summed E-state index contributed by atoms with van der Waals surface area (Å²) in [7, 11) is 1.64. The number of rotatable bonds is 10. The van der Waals surface area contributed by atoms with E-state index in [4.69, 9.17) is 14.2 Å². The predicted octanol–water partition coefficient (Wildman–Crippen LogP) is -0.998. The number of methoxy groups -OCH3 is 1. The van der Waals surface area contributed by atoms with E-state index in [0.717, 1.165) is 13.1 Å². The number of ether oxygens (including phenoxy) is 3. The quantitative estimate of drug-likeness (QED) is 0.484. The van der Waals surface area contributed by atoms with Crippen molar-refractivity contribution < 1.29 is 19.0 Å². The van der Waals surface area contributed by atoms with Gasteiger partial charge in [0.15, 0.2) is 0 Å². The molecule has 0 saturated carbocycles. The molecule has 1 aliphatic rings. The van der Waals surface area contributed by atoms with Crippen LogP contribution in [-0.4, -0.2) is 65.7 Å². The molecule has 0 aromatic carbocycles. The highest BCUT2D eigenvalue weighted by Crippen LogP contribution is 2.01. The van der Waals surface area contributed by atoms with Crippen molar-refractivity contribution in [1.82, 2.24) is 10.6 Å². The van der Waals surface area contributed by atoms with Crippen LogP contribution in [0.2, 0.25) is 0 Å². The highest BCUT2D eigenvalue weighted by Gasteiger charge is 2.23. The molecule has 1 fully saturated rings. The second-order valence-electron chi connectivity index (χ2n) is 3.86. The normalized spacial score (nSPS) is 15.6. The molecule has 1 heterocycles. The van der Waals surface area contributed by atoms with Crippen LogP contribution in [0, 0.1) is 5.92 Å². The fourth-order valence-electron chi connectivity index (χ4n) is 1.33. The minimum atomic E-state index is 0.115. The molecule has 0 aliphatic carbocycles. The monoisotopic (exact) mass is 246 g/mol. The van der Waals surface area contributed by atoms with Gasteiger partial charge in [-0.05, 0) is 0 Å². The van der Waals surface area contributed by atoms with Crippen LogP contribution in [0.4, 0.5) is 0 Å². The van der Waals surface area contributed by atoms with Gasteiger partial charge in [0.25, 0.3) is 0 Å². The van der Waals surface area contributed by atoms with E-state index >= 15 is 0 Å². The molecule has 0 aromatic rings. The van der Waals surface area contributed by atoms with Crippen LogP contribution >= 0.6 is 0 Å². The zero-order valence-corrected chi connectivity index (χ0v) is 10.4. The number of hydrogen-bond acceptors (Lipinski definition) is 5. The minimum Gasteiger partial charge on any atom is -0.382 e. The van der Waals surface area contributed by atoms with Crippen molar-refractivity contribution in [2.45, 2.75) is 0 Å². The van der Waals surface area contributed by atoms with Gasteiger partial charge in [-0.1, -0.05) is 0 Å². The maximum atomic E-state index is 11.4. The Kier molecular flexibility index (Phi) is 7.91. The molecule has 1 saturated heterocycles. The van der Waals surface area contributed by atoms with Gasteiger partial charge in [-0.3, -0.25) is 4.79 Å². The van der Waals surface area contributed by atoms with Crippen LogP contribution in [-0.2, 0) is 19.0 Å². The van der Waals surface area contributed by atoms with E-state index in [-0.39, 0.29) is 11.8 Å². The van der Waals surface area contributed by atoms with Gasteiger partial charge in [-0.2, -0.15) is 0 Å². The zero-order valence-electron chi connectivity index (χ0n) is 10.4. The van der Waals surface area contributed by atoms with Crippen LogP contribution < -0.4 is 10.6 Å². The second-order valence-corrected chi connectivity index (χ2v) is 3.86. The Morgan fingerprint density at radius 2 is 1.82 bits per heavy atom. The van der Waals surface area contributed by atoms with Gasteiger partial charge in [-0.25, -0.2) is 0 Å². The molecular weight excluding hydrogens is 224 g/mol. The van der Waals surface area contributed by atoms with Crippen molar-refractivity contribution in [3.05, 3.63) is 0 Å². The Bertz CT molecular complexity index is 210.